The second kappa shape index (κ2) is 6.49. The Morgan fingerprint density at radius 1 is 1.43 bits per heavy atom. The van der Waals surface area contributed by atoms with Crippen LogP contribution in [-0.4, -0.2) is 40.9 Å². The van der Waals surface area contributed by atoms with Gasteiger partial charge in [0.2, 0.25) is 0 Å². The number of β-amino-alcohol motifs (C(OH)–C–C–N with tert-alkyl or cyclic N) is 1. The molecule has 1 amide bonds. The molecule has 1 N–H and O–H groups in total. The van der Waals surface area contributed by atoms with Gasteiger partial charge in [-0.3, -0.25) is 4.79 Å². The SMILES string of the molecule is CC1=C(C(=O)N2C[C@H](O)C[C@H]2c2cc(F)ccc2F)SCCO1. The van der Waals surface area contributed by atoms with Crippen LogP contribution in [0.15, 0.2) is 28.9 Å². The Balaban J connectivity index is 1.94. The number of aliphatic hydroxyl groups is 1. The Kier molecular flexibility index (Phi) is 4.59. The third-order valence-corrected chi connectivity index (χ3v) is 5.14. The number of amides is 1. The predicted octanol–water partition coefficient (Wildman–Crippen LogP) is 2.59. The summed E-state index contributed by atoms with van der Waals surface area (Å²) in [7, 11) is 0. The van der Waals surface area contributed by atoms with Crippen LogP contribution in [0.2, 0.25) is 0 Å². The van der Waals surface area contributed by atoms with Crippen LogP contribution in [0.5, 0.6) is 0 Å². The summed E-state index contributed by atoms with van der Waals surface area (Å²) >= 11 is 1.39. The number of ether oxygens (including phenoxy) is 1. The molecule has 0 spiro atoms. The van der Waals surface area contributed by atoms with Crippen molar-refractivity contribution in [1.29, 1.82) is 0 Å². The van der Waals surface area contributed by atoms with E-state index in [9.17, 15) is 18.7 Å². The Morgan fingerprint density at radius 2 is 2.22 bits per heavy atom. The van der Waals surface area contributed by atoms with Gasteiger partial charge in [0.25, 0.3) is 5.91 Å². The van der Waals surface area contributed by atoms with Gasteiger partial charge in [0.15, 0.2) is 0 Å². The number of allylic oxidation sites excluding steroid dienone is 1. The van der Waals surface area contributed by atoms with Crippen molar-refractivity contribution < 1.29 is 23.4 Å². The van der Waals surface area contributed by atoms with Gasteiger partial charge in [-0.05, 0) is 31.5 Å². The molecule has 124 valence electrons. The molecular formula is C16H17F2NO3S. The highest BCUT2D eigenvalue weighted by Gasteiger charge is 2.39. The molecule has 2 aliphatic heterocycles. The molecule has 1 aromatic rings. The number of aliphatic hydroxyl groups excluding tert-OH is 1. The minimum Gasteiger partial charge on any atom is -0.496 e. The first-order valence-electron chi connectivity index (χ1n) is 7.38. The summed E-state index contributed by atoms with van der Waals surface area (Å²) in [6.45, 7) is 2.35. The van der Waals surface area contributed by atoms with Crippen LogP contribution in [-0.2, 0) is 9.53 Å². The van der Waals surface area contributed by atoms with Crippen LogP contribution in [0, 0.1) is 11.6 Å². The lowest BCUT2D eigenvalue weighted by molar-refractivity contribution is -0.127. The number of rotatable bonds is 2. The number of halogens is 2. The van der Waals surface area contributed by atoms with Gasteiger partial charge in [0.05, 0.1) is 18.8 Å². The van der Waals surface area contributed by atoms with Crippen molar-refractivity contribution >= 4 is 17.7 Å². The molecule has 23 heavy (non-hydrogen) atoms. The molecule has 4 nitrogen and oxygen atoms in total. The maximum atomic E-state index is 14.1. The van der Waals surface area contributed by atoms with Gasteiger partial charge in [-0.25, -0.2) is 8.78 Å². The van der Waals surface area contributed by atoms with Crippen LogP contribution in [0.25, 0.3) is 0 Å². The molecule has 0 radical (unpaired) electrons. The summed E-state index contributed by atoms with van der Waals surface area (Å²) in [5, 5.41) is 9.94. The second-order valence-electron chi connectivity index (χ2n) is 5.61. The van der Waals surface area contributed by atoms with Gasteiger partial charge in [-0.2, -0.15) is 0 Å². The predicted molar refractivity (Wildman–Crippen MR) is 82.5 cm³/mol. The zero-order valence-corrected chi connectivity index (χ0v) is 13.4. The van der Waals surface area contributed by atoms with Crippen molar-refractivity contribution in [2.24, 2.45) is 0 Å². The standard InChI is InChI=1S/C16H17F2NO3S/c1-9-15(23-5-4-22-9)16(21)19-8-11(20)7-14(19)12-6-10(17)2-3-13(12)18/h2-3,6,11,14,20H,4-5,7-8H2,1H3/t11-,14+/m1/s1. The van der Waals surface area contributed by atoms with E-state index in [0.29, 0.717) is 23.0 Å². The van der Waals surface area contributed by atoms with Crippen molar-refractivity contribution in [3.05, 3.63) is 46.1 Å². The maximum Gasteiger partial charge on any atom is 0.264 e. The van der Waals surface area contributed by atoms with E-state index in [1.54, 1.807) is 6.92 Å². The van der Waals surface area contributed by atoms with E-state index in [2.05, 4.69) is 0 Å². The molecule has 3 rings (SSSR count). The molecular weight excluding hydrogens is 324 g/mol. The number of hydrogen-bond donors (Lipinski definition) is 1. The van der Waals surface area contributed by atoms with E-state index in [4.69, 9.17) is 4.74 Å². The maximum absolute atomic E-state index is 14.1. The van der Waals surface area contributed by atoms with Crippen LogP contribution in [0.1, 0.15) is 24.9 Å². The summed E-state index contributed by atoms with van der Waals surface area (Å²) in [5.41, 5.74) is 0.0925. The quantitative estimate of drug-likeness (QED) is 0.898. The molecule has 0 bridgehead atoms. The van der Waals surface area contributed by atoms with Crippen LogP contribution >= 0.6 is 11.8 Å². The topological polar surface area (TPSA) is 49.8 Å². The lowest BCUT2D eigenvalue weighted by atomic mass is 10.0. The fraction of sp³-hybridized carbons (Fsp3) is 0.438. The van der Waals surface area contributed by atoms with Crippen molar-refractivity contribution in [2.75, 3.05) is 18.9 Å². The first kappa shape index (κ1) is 16.3. The molecule has 0 aliphatic carbocycles. The lowest BCUT2D eigenvalue weighted by Gasteiger charge is -2.28. The number of hydrogen-bond acceptors (Lipinski definition) is 4. The number of likely N-dealkylation sites (tertiary alicyclic amines) is 1. The Morgan fingerprint density at radius 3 is 2.96 bits per heavy atom. The van der Waals surface area contributed by atoms with Crippen LogP contribution in [0.3, 0.4) is 0 Å². The summed E-state index contributed by atoms with van der Waals surface area (Å²) < 4.78 is 32.9. The normalized spacial score (nSPS) is 24.8. The highest BCUT2D eigenvalue weighted by Crippen LogP contribution is 2.37. The third kappa shape index (κ3) is 3.21. The number of benzene rings is 1. The molecule has 0 aromatic heterocycles. The molecule has 2 aliphatic rings. The van der Waals surface area contributed by atoms with E-state index in [0.717, 1.165) is 18.2 Å². The Hall–Kier alpha value is -1.60. The molecule has 7 heteroatoms. The smallest absolute Gasteiger partial charge is 0.264 e. The van der Waals surface area contributed by atoms with Gasteiger partial charge in [0, 0.05) is 17.9 Å². The van der Waals surface area contributed by atoms with E-state index in [-0.39, 0.29) is 24.4 Å². The zero-order chi connectivity index (χ0) is 16.6. The minimum absolute atomic E-state index is 0.0925. The highest BCUT2D eigenvalue weighted by molar-refractivity contribution is 8.04. The fourth-order valence-corrected chi connectivity index (χ4v) is 3.83. The summed E-state index contributed by atoms with van der Waals surface area (Å²) in [6.07, 6.45) is -0.578. The molecule has 0 saturated carbocycles. The third-order valence-electron chi connectivity index (χ3n) is 4.02. The highest BCUT2D eigenvalue weighted by atomic mass is 32.2. The van der Waals surface area contributed by atoms with Gasteiger partial charge >= 0.3 is 0 Å². The molecule has 1 fully saturated rings. The summed E-state index contributed by atoms with van der Waals surface area (Å²) in [5.74, 6) is -0.264. The van der Waals surface area contributed by atoms with Gasteiger partial charge in [-0.1, -0.05) is 0 Å². The molecule has 2 atom stereocenters. The van der Waals surface area contributed by atoms with Crippen molar-refractivity contribution in [3.63, 3.8) is 0 Å². The summed E-state index contributed by atoms with van der Waals surface area (Å²) in [6, 6.07) is 2.48. The largest absolute Gasteiger partial charge is 0.496 e. The number of thioether (sulfide) groups is 1. The number of carbonyl (C=O) groups is 1. The number of carbonyl (C=O) groups excluding carboxylic acids is 1. The Bertz CT molecular complexity index is 665. The average Bonchev–Trinajstić information content (AvgIpc) is 2.91. The first-order valence-corrected chi connectivity index (χ1v) is 8.36. The fourth-order valence-electron chi connectivity index (χ4n) is 2.95. The van der Waals surface area contributed by atoms with E-state index in [1.807, 2.05) is 0 Å². The minimum atomic E-state index is -0.762. The zero-order valence-electron chi connectivity index (χ0n) is 12.6. The molecule has 0 unspecified atom stereocenters. The summed E-state index contributed by atoms with van der Waals surface area (Å²) in [4.78, 5) is 14.6. The van der Waals surface area contributed by atoms with Gasteiger partial charge in [0.1, 0.15) is 22.3 Å². The van der Waals surface area contributed by atoms with Crippen LogP contribution < -0.4 is 0 Å². The Labute approximate surface area is 137 Å². The first-order chi connectivity index (χ1) is 11.0. The van der Waals surface area contributed by atoms with E-state index < -0.39 is 23.8 Å². The van der Waals surface area contributed by atoms with Gasteiger partial charge in [-0.15, -0.1) is 11.8 Å². The number of nitrogens with zero attached hydrogens (tertiary/aromatic N) is 1. The average molecular weight is 341 g/mol. The van der Waals surface area contributed by atoms with E-state index >= 15 is 0 Å². The van der Waals surface area contributed by atoms with Crippen LogP contribution in [0.4, 0.5) is 8.78 Å². The second-order valence-corrected chi connectivity index (χ2v) is 6.72. The van der Waals surface area contributed by atoms with Crippen molar-refractivity contribution in [1.82, 2.24) is 4.90 Å². The van der Waals surface area contributed by atoms with Crippen molar-refractivity contribution in [2.45, 2.75) is 25.5 Å². The monoisotopic (exact) mass is 341 g/mol. The molecule has 2 heterocycles. The molecule has 1 aromatic carbocycles. The lowest BCUT2D eigenvalue weighted by Crippen LogP contribution is -2.34. The molecule has 1 saturated heterocycles. The van der Waals surface area contributed by atoms with Gasteiger partial charge < -0.3 is 14.7 Å². The van der Waals surface area contributed by atoms with E-state index in [1.165, 1.54) is 16.7 Å². The van der Waals surface area contributed by atoms with Crippen molar-refractivity contribution in [3.8, 4) is 0 Å².